The Balaban J connectivity index is 1.02. The van der Waals surface area contributed by atoms with Crippen LogP contribution < -0.4 is 5.32 Å². The summed E-state index contributed by atoms with van der Waals surface area (Å²) < 4.78 is 0. The molecule has 5 fully saturated rings. The zero-order valence-electron chi connectivity index (χ0n) is 30.1. The van der Waals surface area contributed by atoms with E-state index in [0.29, 0.717) is 73.3 Å². The zero-order chi connectivity index (χ0) is 35.2. The van der Waals surface area contributed by atoms with E-state index in [0.717, 1.165) is 24.8 Å². The molecule has 0 radical (unpaired) electrons. The smallest absolute Gasteiger partial charge is 0.251 e. The van der Waals surface area contributed by atoms with E-state index in [1.165, 1.54) is 32.1 Å². The van der Waals surface area contributed by atoms with Crippen LogP contribution in [0.5, 0.6) is 0 Å². The molecule has 50 heavy (non-hydrogen) atoms. The molecule has 2 amide bonds. The standard InChI is InChI=1S/C42H56N4O4/c1-27(47)33-15-16-34-32-14-13-31-24-38(48)37(25-42(31,3)35(32)17-18-41(33,34)2)45-19-21-46(22-20-45)40(50)36(23-28-7-5-4-6-8-28)44-39(49)30-11-9-29(26-43)10-12-30/h4-12,27,31-38,47-48H,13-25H2,1-3H3,(H,44,49)/t27-,31+,32+,33-,34+,35+,36+,37+,38+,41-,42+/m1/s1. The average molecular weight is 681 g/mol. The third kappa shape index (κ3) is 6.39. The van der Waals surface area contributed by atoms with Crippen LogP contribution in [0.3, 0.4) is 0 Å². The molecule has 5 aliphatic rings. The van der Waals surface area contributed by atoms with E-state index >= 15 is 0 Å². The Morgan fingerprint density at radius 2 is 1.64 bits per heavy atom. The maximum absolute atomic E-state index is 14.1. The highest BCUT2D eigenvalue weighted by atomic mass is 16.3. The van der Waals surface area contributed by atoms with Gasteiger partial charge in [-0.2, -0.15) is 5.26 Å². The molecule has 8 heteroatoms. The van der Waals surface area contributed by atoms with E-state index in [-0.39, 0.29) is 40.9 Å². The first-order valence-electron chi connectivity index (χ1n) is 19.3. The van der Waals surface area contributed by atoms with Crippen LogP contribution in [0.1, 0.15) is 93.6 Å². The number of nitrogens with one attached hydrogen (secondary N) is 1. The normalized spacial score (nSPS) is 36.6. The van der Waals surface area contributed by atoms with Crippen LogP contribution in [0.4, 0.5) is 0 Å². The van der Waals surface area contributed by atoms with Gasteiger partial charge in [0.05, 0.1) is 23.8 Å². The number of amides is 2. The van der Waals surface area contributed by atoms with Crippen LogP contribution in [0.25, 0.3) is 0 Å². The lowest BCUT2D eigenvalue weighted by Gasteiger charge is -2.63. The van der Waals surface area contributed by atoms with Crippen LogP contribution in [0.2, 0.25) is 0 Å². The van der Waals surface area contributed by atoms with Gasteiger partial charge in [-0.25, -0.2) is 0 Å². The van der Waals surface area contributed by atoms with Crippen molar-refractivity contribution in [3.8, 4) is 6.07 Å². The number of aliphatic hydroxyl groups excluding tert-OH is 2. The second-order valence-electron chi connectivity index (χ2n) is 17.0. The quantitative estimate of drug-likeness (QED) is 0.360. The minimum Gasteiger partial charge on any atom is -0.393 e. The van der Waals surface area contributed by atoms with Gasteiger partial charge in [0.15, 0.2) is 0 Å². The Bertz CT molecular complexity index is 1570. The summed E-state index contributed by atoms with van der Waals surface area (Å²) in [6.45, 7) is 9.56. The van der Waals surface area contributed by atoms with Crippen molar-refractivity contribution < 1.29 is 19.8 Å². The van der Waals surface area contributed by atoms with Gasteiger partial charge < -0.3 is 20.4 Å². The summed E-state index contributed by atoms with van der Waals surface area (Å²) in [5, 5.41) is 34.4. The van der Waals surface area contributed by atoms with Gasteiger partial charge in [-0.15, -0.1) is 0 Å². The van der Waals surface area contributed by atoms with Crippen LogP contribution in [0.15, 0.2) is 54.6 Å². The second-order valence-corrected chi connectivity index (χ2v) is 17.0. The number of aliphatic hydroxyl groups is 2. The van der Waals surface area contributed by atoms with E-state index < -0.39 is 6.04 Å². The molecule has 2 aromatic carbocycles. The molecule has 1 saturated heterocycles. The van der Waals surface area contributed by atoms with Gasteiger partial charge in [0.2, 0.25) is 5.91 Å². The topological polar surface area (TPSA) is 117 Å². The molecule has 1 aliphatic heterocycles. The van der Waals surface area contributed by atoms with Gasteiger partial charge in [0.1, 0.15) is 6.04 Å². The predicted octanol–water partition coefficient (Wildman–Crippen LogP) is 5.42. The highest BCUT2D eigenvalue weighted by Crippen LogP contribution is 2.68. The first-order chi connectivity index (χ1) is 24.0. The highest BCUT2D eigenvalue weighted by molar-refractivity contribution is 5.97. The van der Waals surface area contributed by atoms with E-state index in [1.807, 2.05) is 42.2 Å². The molecule has 11 atom stereocenters. The lowest BCUT2D eigenvalue weighted by Crippen LogP contribution is -2.63. The minimum atomic E-state index is -0.716. The van der Waals surface area contributed by atoms with Gasteiger partial charge in [0.25, 0.3) is 5.91 Å². The molecule has 1 heterocycles. The van der Waals surface area contributed by atoms with E-state index in [4.69, 9.17) is 5.26 Å². The second kappa shape index (κ2) is 14.1. The number of nitrogens with zero attached hydrogens (tertiary/aromatic N) is 3. The van der Waals surface area contributed by atoms with Crippen LogP contribution in [-0.2, 0) is 11.2 Å². The maximum Gasteiger partial charge on any atom is 0.251 e. The highest BCUT2D eigenvalue weighted by Gasteiger charge is 2.62. The third-order valence-electron chi connectivity index (χ3n) is 14.6. The molecular weight excluding hydrogens is 624 g/mol. The van der Waals surface area contributed by atoms with Crippen molar-refractivity contribution >= 4 is 11.8 Å². The fraction of sp³-hybridized carbons (Fsp3) is 0.643. The number of hydrogen-bond acceptors (Lipinski definition) is 6. The molecular formula is C42H56N4O4. The average Bonchev–Trinajstić information content (AvgIpc) is 3.49. The number of carbonyl (C=O) groups is 2. The lowest BCUT2D eigenvalue weighted by molar-refractivity contribution is -0.156. The summed E-state index contributed by atoms with van der Waals surface area (Å²) in [4.78, 5) is 31.7. The number of piperazine rings is 1. The number of benzene rings is 2. The lowest BCUT2D eigenvalue weighted by atomic mass is 9.44. The molecule has 0 bridgehead atoms. The largest absolute Gasteiger partial charge is 0.393 e. The number of nitriles is 1. The van der Waals surface area contributed by atoms with E-state index in [9.17, 15) is 19.8 Å². The summed E-state index contributed by atoms with van der Waals surface area (Å²) in [5.74, 6) is 2.63. The van der Waals surface area contributed by atoms with Gasteiger partial charge in [-0.1, -0.05) is 44.2 Å². The molecule has 4 aliphatic carbocycles. The third-order valence-corrected chi connectivity index (χ3v) is 14.6. The number of rotatable bonds is 7. The van der Waals surface area contributed by atoms with Gasteiger partial charge >= 0.3 is 0 Å². The van der Waals surface area contributed by atoms with Gasteiger partial charge in [0, 0.05) is 44.2 Å². The molecule has 0 unspecified atom stereocenters. The Hall–Kier alpha value is -3.25. The maximum atomic E-state index is 14.1. The molecule has 2 aromatic rings. The first-order valence-corrected chi connectivity index (χ1v) is 19.3. The minimum absolute atomic E-state index is 0.0841. The molecule has 7 rings (SSSR count). The predicted molar refractivity (Wildman–Crippen MR) is 193 cm³/mol. The van der Waals surface area contributed by atoms with Crippen LogP contribution in [0, 0.1) is 51.8 Å². The SMILES string of the molecule is C[C@@H](O)[C@H]1CC[C@H]2[C@@H]3CC[C@H]4C[C@H](O)[C@@H](N5CCN(C(=O)[C@H](Cc6ccccc6)NC(=O)c6ccc(C#N)cc6)CC5)C[C@]4(C)[C@H]3CC[C@]12C. The van der Waals surface area contributed by atoms with E-state index in [2.05, 4.69) is 30.1 Å². The Morgan fingerprint density at radius 3 is 2.32 bits per heavy atom. The van der Waals surface area contributed by atoms with Crippen LogP contribution >= 0.6 is 0 Å². The van der Waals surface area contributed by atoms with Crippen molar-refractivity contribution in [3.63, 3.8) is 0 Å². The summed E-state index contributed by atoms with van der Waals surface area (Å²) in [6.07, 6.45) is 8.97. The number of fused-ring (bicyclic) bond motifs is 5. The van der Waals surface area contributed by atoms with Crippen molar-refractivity contribution in [2.24, 2.45) is 40.4 Å². The molecule has 0 spiro atoms. The number of carbonyl (C=O) groups excluding carboxylic acids is 2. The Morgan fingerprint density at radius 1 is 0.940 bits per heavy atom. The van der Waals surface area contributed by atoms with E-state index in [1.54, 1.807) is 24.3 Å². The summed E-state index contributed by atoms with van der Waals surface area (Å²) >= 11 is 0. The zero-order valence-corrected chi connectivity index (χ0v) is 30.1. The first kappa shape index (κ1) is 35.2. The summed E-state index contributed by atoms with van der Waals surface area (Å²) in [6, 6.07) is 17.7. The Labute approximate surface area is 298 Å². The van der Waals surface area contributed by atoms with Crippen molar-refractivity contribution in [1.82, 2.24) is 15.1 Å². The fourth-order valence-corrected chi connectivity index (χ4v) is 12.0. The summed E-state index contributed by atoms with van der Waals surface area (Å²) in [5.41, 5.74) is 2.32. The van der Waals surface area contributed by atoms with Crippen molar-refractivity contribution in [2.45, 2.75) is 103 Å². The molecule has 8 nitrogen and oxygen atoms in total. The molecule has 268 valence electrons. The van der Waals surface area contributed by atoms with Crippen molar-refractivity contribution in [2.75, 3.05) is 26.2 Å². The number of hydrogen-bond donors (Lipinski definition) is 3. The Kier molecular flexibility index (Phi) is 9.88. The molecule has 3 N–H and O–H groups in total. The van der Waals surface area contributed by atoms with Crippen LogP contribution in [-0.4, -0.2) is 82.3 Å². The molecule has 4 saturated carbocycles. The van der Waals surface area contributed by atoms with Crippen molar-refractivity contribution in [3.05, 3.63) is 71.3 Å². The van der Waals surface area contributed by atoms with Gasteiger partial charge in [-0.05, 0) is 129 Å². The van der Waals surface area contributed by atoms with Crippen molar-refractivity contribution in [1.29, 1.82) is 5.26 Å². The van der Waals surface area contributed by atoms with Gasteiger partial charge in [-0.3, -0.25) is 14.5 Å². The fourth-order valence-electron chi connectivity index (χ4n) is 12.0. The monoisotopic (exact) mass is 680 g/mol. The summed E-state index contributed by atoms with van der Waals surface area (Å²) in [7, 11) is 0. The molecule has 0 aromatic heterocycles.